The first-order valence-corrected chi connectivity index (χ1v) is 4.27. The van der Waals surface area contributed by atoms with Crippen LogP contribution in [0.25, 0.3) is 0 Å². The summed E-state index contributed by atoms with van der Waals surface area (Å²) in [6.45, 7) is 2.06. The Morgan fingerprint density at radius 3 is 3.08 bits per heavy atom. The fourth-order valence-electron chi connectivity index (χ4n) is 1.32. The molecule has 0 aromatic rings. The van der Waals surface area contributed by atoms with E-state index in [0.717, 1.165) is 12.8 Å². The lowest BCUT2D eigenvalue weighted by molar-refractivity contribution is -0.155. The van der Waals surface area contributed by atoms with Crippen LogP contribution in [0.4, 0.5) is 0 Å². The van der Waals surface area contributed by atoms with E-state index in [2.05, 4.69) is 0 Å². The molecule has 0 amide bonds. The van der Waals surface area contributed by atoms with Crippen LogP contribution in [-0.2, 0) is 9.53 Å². The minimum absolute atomic E-state index is 0.0379. The van der Waals surface area contributed by atoms with Gasteiger partial charge in [-0.1, -0.05) is 12.2 Å². The summed E-state index contributed by atoms with van der Waals surface area (Å²) < 4.78 is 4.69. The van der Waals surface area contributed by atoms with Gasteiger partial charge in [0.2, 0.25) is 0 Å². The van der Waals surface area contributed by atoms with E-state index in [0.29, 0.717) is 6.61 Å². The number of carbonyl (C=O) groups is 1. The summed E-state index contributed by atoms with van der Waals surface area (Å²) in [5, 5.41) is 9.42. The zero-order chi connectivity index (χ0) is 8.97. The third-order valence-electron chi connectivity index (χ3n) is 1.98. The largest absolute Gasteiger partial charge is 0.464 e. The van der Waals surface area contributed by atoms with Crippen molar-refractivity contribution >= 4 is 5.97 Å². The lowest BCUT2D eigenvalue weighted by Gasteiger charge is -2.14. The number of allylic oxidation sites excluding steroid dienone is 1. The van der Waals surface area contributed by atoms with Crippen molar-refractivity contribution in [1.82, 2.24) is 0 Å². The summed E-state index contributed by atoms with van der Waals surface area (Å²) in [6, 6.07) is 0. The molecule has 1 N–H and O–H groups in total. The number of aliphatic hydroxyl groups excluding tert-OH is 1. The monoisotopic (exact) mass is 170 g/mol. The van der Waals surface area contributed by atoms with Crippen LogP contribution >= 0.6 is 0 Å². The highest BCUT2D eigenvalue weighted by atomic mass is 16.5. The summed E-state index contributed by atoms with van der Waals surface area (Å²) in [7, 11) is 0. The second kappa shape index (κ2) is 4.26. The lowest BCUT2D eigenvalue weighted by Crippen LogP contribution is -2.29. The summed E-state index contributed by atoms with van der Waals surface area (Å²) in [5.41, 5.74) is 0. The van der Waals surface area contributed by atoms with Gasteiger partial charge < -0.3 is 9.84 Å². The average molecular weight is 170 g/mol. The van der Waals surface area contributed by atoms with Crippen LogP contribution in [0, 0.1) is 5.92 Å². The maximum atomic E-state index is 11.0. The zero-order valence-corrected chi connectivity index (χ0v) is 7.19. The molecule has 1 rings (SSSR count). The number of carbonyl (C=O) groups excluding carboxylic acids is 1. The first-order chi connectivity index (χ1) is 5.75. The molecule has 1 aliphatic rings. The molecule has 0 heterocycles. The molecule has 0 aromatic carbocycles. The van der Waals surface area contributed by atoms with Crippen molar-refractivity contribution in [2.45, 2.75) is 25.9 Å². The molecule has 1 aliphatic carbocycles. The highest BCUT2D eigenvalue weighted by molar-refractivity contribution is 5.75. The van der Waals surface area contributed by atoms with Gasteiger partial charge in [-0.15, -0.1) is 0 Å². The van der Waals surface area contributed by atoms with Crippen LogP contribution in [0.1, 0.15) is 19.8 Å². The Morgan fingerprint density at radius 1 is 1.83 bits per heavy atom. The van der Waals surface area contributed by atoms with Crippen molar-refractivity contribution in [1.29, 1.82) is 0 Å². The van der Waals surface area contributed by atoms with Crippen LogP contribution in [0.15, 0.2) is 12.2 Å². The average Bonchev–Trinajstić information content (AvgIpc) is 2.55. The molecule has 0 bridgehead atoms. The molecule has 3 heteroatoms. The van der Waals surface area contributed by atoms with E-state index < -0.39 is 12.1 Å². The lowest BCUT2D eigenvalue weighted by atomic mass is 10.0. The van der Waals surface area contributed by atoms with Gasteiger partial charge in [0, 0.05) is 5.92 Å². The predicted molar refractivity (Wildman–Crippen MR) is 44.5 cm³/mol. The minimum atomic E-state index is -0.969. The second-order valence-electron chi connectivity index (χ2n) is 2.87. The van der Waals surface area contributed by atoms with Gasteiger partial charge in [0.05, 0.1) is 6.61 Å². The SMILES string of the molecule is CCOC(=O)[C@H](O)[C@@H]1C=CCC1. The maximum absolute atomic E-state index is 11.0. The molecule has 0 fully saturated rings. The van der Waals surface area contributed by atoms with E-state index in [9.17, 15) is 9.90 Å². The fourth-order valence-corrected chi connectivity index (χ4v) is 1.32. The Hall–Kier alpha value is -0.830. The third-order valence-corrected chi connectivity index (χ3v) is 1.98. The highest BCUT2D eigenvalue weighted by Crippen LogP contribution is 2.21. The molecule has 0 saturated heterocycles. The topological polar surface area (TPSA) is 46.5 Å². The number of ether oxygens (including phenoxy) is 1. The van der Waals surface area contributed by atoms with Crippen LogP contribution < -0.4 is 0 Å². The second-order valence-corrected chi connectivity index (χ2v) is 2.87. The van der Waals surface area contributed by atoms with Gasteiger partial charge in [-0.25, -0.2) is 4.79 Å². The van der Waals surface area contributed by atoms with Gasteiger partial charge >= 0.3 is 5.97 Å². The molecule has 0 unspecified atom stereocenters. The van der Waals surface area contributed by atoms with Crippen molar-refractivity contribution in [3.63, 3.8) is 0 Å². The van der Waals surface area contributed by atoms with E-state index in [1.165, 1.54) is 0 Å². The Balaban J connectivity index is 2.40. The molecule has 3 nitrogen and oxygen atoms in total. The maximum Gasteiger partial charge on any atom is 0.335 e. The molecule has 0 saturated carbocycles. The highest BCUT2D eigenvalue weighted by Gasteiger charge is 2.26. The zero-order valence-electron chi connectivity index (χ0n) is 7.19. The van der Waals surface area contributed by atoms with Crippen molar-refractivity contribution in [3.05, 3.63) is 12.2 Å². The van der Waals surface area contributed by atoms with Crippen LogP contribution in [0.5, 0.6) is 0 Å². The fraction of sp³-hybridized carbons (Fsp3) is 0.667. The molecule has 68 valence electrons. The van der Waals surface area contributed by atoms with Crippen LogP contribution in [0.3, 0.4) is 0 Å². The number of esters is 1. The van der Waals surface area contributed by atoms with E-state index in [-0.39, 0.29) is 5.92 Å². The normalized spacial score (nSPS) is 24.0. The molecule has 12 heavy (non-hydrogen) atoms. The van der Waals surface area contributed by atoms with Crippen LogP contribution in [-0.4, -0.2) is 23.8 Å². The van der Waals surface area contributed by atoms with Gasteiger partial charge in [-0.3, -0.25) is 0 Å². The Labute approximate surface area is 72.0 Å². The molecule has 2 atom stereocenters. The molecule has 0 spiro atoms. The predicted octanol–water partition coefficient (Wildman–Crippen LogP) is 0.877. The van der Waals surface area contributed by atoms with Gasteiger partial charge in [-0.05, 0) is 19.8 Å². The van der Waals surface area contributed by atoms with E-state index in [1.54, 1.807) is 6.92 Å². The molecular weight excluding hydrogens is 156 g/mol. The quantitative estimate of drug-likeness (QED) is 0.505. The van der Waals surface area contributed by atoms with Gasteiger partial charge in [0.25, 0.3) is 0 Å². The standard InChI is InChI=1S/C9H14O3/c1-2-12-9(11)8(10)7-5-3-4-6-7/h3,5,7-8,10H,2,4,6H2,1H3/t7-,8-/m1/s1. The number of rotatable bonds is 3. The summed E-state index contributed by atoms with van der Waals surface area (Å²) >= 11 is 0. The summed E-state index contributed by atoms with van der Waals surface area (Å²) in [6.07, 6.45) is 4.68. The van der Waals surface area contributed by atoms with E-state index >= 15 is 0 Å². The van der Waals surface area contributed by atoms with E-state index in [4.69, 9.17) is 4.74 Å². The van der Waals surface area contributed by atoms with Gasteiger partial charge in [0.15, 0.2) is 6.10 Å². The van der Waals surface area contributed by atoms with Crippen LogP contribution in [0.2, 0.25) is 0 Å². The van der Waals surface area contributed by atoms with E-state index in [1.807, 2.05) is 12.2 Å². The Bertz CT molecular complexity index is 186. The number of hydrogen-bond donors (Lipinski definition) is 1. The third kappa shape index (κ3) is 2.08. The van der Waals surface area contributed by atoms with Crippen molar-refractivity contribution in [2.75, 3.05) is 6.61 Å². The van der Waals surface area contributed by atoms with Crippen molar-refractivity contribution in [3.8, 4) is 0 Å². The van der Waals surface area contributed by atoms with Gasteiger partial charge in [-0.2, -0.15) is 0 Å². The molecule has 0 aliphatic heterocycles. The molecule has 0 radical (unpaired) electrons. The van der Waals surface area contributed by atoms with Crippen molar-refractivity contribution < 1.29 is 14.6 Å². The summed E-state index contributed by atoms with van der Waals surface area (Å²) in [4.78, 5) is 11.0. The first-order valence-electron chi connectivity index (χ1n) is 4.27. The number of hydrogen-bond acceptors (Lipinski definition) is 3. The Morgan fingerprint density at radius 2 is 2.58 bits per heavy atom. The minimum Gasteiger partial charge on any atom is -0.464 e. The van der Waals surface area contributed by atoms with Crippen molar-refractivity contribution in [2.24, 2.45) is 5.92 Å². The molecular formula is C9H14O3. The summed E-state index contributed by atoms with van der Waals surface area (Å²) in [5.74, 6) is -0.543. The smallest absolute Gasteiger partial charge is 0.335 e. The molecule has 0 aromatic heterocycles. The Kier molecular flexibility index (Phi) is 3.29. The first kappa shape index (κ1) is 9.26. The number of aliphatic hydroxyl groups is 1. The van der Waals surface area contributed by atoms with Gasteiger partial charge in [0.1, 0.15) is 0 Å².